The summed E-state index contributed by atoms with van der Waals surface area (Å²) in [5.41, 5.74) is 0.846. The summed E-state index contributed by atoms with van der Waals surface area (Å²) in [5, 5.41) is 19.9. The standard InChI is InChI=1S/C22H21F2NO4/c1-3-4-8-15(22(28)29)20-12(2)25(18-11-17(24)19(26)10-16(18)20)21(27)13-6-5-7-14(23)9-13/h5-7,9-11,15,26H,3-4,8H2,1-2H3,(H,28,29). The Bertz CT molecular complexity index is 1100. The van der Waals surface area contributed by atoms with Gasteiger partial charge in [0.15, 0.2) is 11.6 Å². The van der Waals surface area contributed by atoms with E-state index in [9.17, 15) is 28.6 Å². The minimum Gasteiger partial charge on any atom is -0.505 e. The first-order valence-corrected chi connectivity index (χ1v) is 9.32. The second kappa shape index (κ2) is 8.03. The molecule has 0 aliphatic heterocycles. The van der Waals surface area contributed by atoms with Gasteiger partial charge >= 0.3 is 5.97 Å². The quantitative estimate of drug-likeness (QED) is 0.611. The molecule has 2 aromatic carbocycles. The van der Waals surface area contributed by atoms with Crippen LogP contribution in [0, 0.1) is 18.6 Å². The molecule has 1 aromatic heterocycles. The normalized spacial score (nSPS) is 12.3. The van der Waals surface area contributed by atoms with Crippen LogP contribution in [-0.2, 0) is 4.79 Å². The lowest BCUT2D eigenvalue weighted by Gasteiger charge is -2.13. The maximum Gasteiger partial charge on any atom is 0.311 e. The third-order valence-corrected chi connectivity index (χ3v) is 5.09. The van der Waals surface area contributed by atoms with E-state index >= 15 is 0 Å². The van der Waals surface area contributed by atoms with E-state index < -0.39 is 35.2 Å². The number of hydrogen-bond acceptors (Lipinski definition) is 3. The number of carbonyl (C=O) groups excluding carboxylic acids is 1. The number of rotatable bonds is 6. The number of hydrogen-bond donors (Lipinski definition) is 2. The van der Waals surface area contributed by atoms with Gasteiger partial charge < -0.3 is 10.2 Å². The van der Waals surface area contributed by atoms with Gasteiger partial charge in [-0.05, 0) is 43.2 Å². The number of aromatic hydroxyl groups is 1. The molecule has 3 aromatic rings. The zero-order valence-corrected chi connectivity index (χ0v) is 16.1. The van der Waals surface area contributed by atoms with Crippen molar-refractivity contribution in [1.29, 1.82) is 0 Å². The number of phenols is 1. The molecule has 1 heterocycles. The predicted octanol–water partition coefficient (Wildman–Crippen LogP) is 4.98. The maximum absolute atomic E-state index is 14.1. The molecule has 0 bridgehead atoms. The molecule has 1 atom stereocenters. The van der Waals surface area contributed by atoms with Crippen molar-refractivity contribution in [3.05, 3.63) is 64.9 Å². The zero-order valence-electron chi connectivity index (χ0n) is 16.1. The van der Waals surface area contributed by atoms with Crippen molar-refractivity contribution < 1.29 is 28.6 Å². The van der Waals surface area contributed by atoms with Crippen LogP contribution >= 0.6 is 0 Å². The fraction of sp³-hybridized carbons (Fsp3) is 0.273. The molecule has 7 heteroatoms. The Hall–Kier alpha value is -3.22. The molecule has 0 amide bonds. The average Bonchev–Trinajstić information content (AvgIpc) is 2.93. The molecule has 5 nitrogen and oxygen atoms in total. The van der Waals surface area contributed by atoms with Crippen LogP contribution in [0.2, 0.25) is 0 Å². The molecule has 0 aliphatic carbocycles. The van der Waals surface area contributed by atoms with Crippen molar-refractivity contribution in [3.63, 3.8) is 0 Å². The second-order valence-electron chi connectivity index (χ2n) is 7.00. The van der Waals surface area contributed by atoms with Gasteiger partial charge in [-0.25, -0.2) is 8.78 Å². The molecule has 0 radical (unpaired) electrons. The monoisotopic (exact) mass is 401 g/mol. The fourth-order valence-electron chi connectivity index (χ4n) is 3.70. The molecule has 29 heavy (non-hydrogen) atoms. The molecule has 152 valence electrons. The Morgan fingerprint density at radius 3 is 2.52 bits per heavy atom. The van der Waals surface area contributed by atoms with Gasteiger partial charge in [-0.2, -0.15) is 0 Å². The van der Waals surface area contributed by atoms with Crippen LogP contribution in [0.4, 0.5) is 8.78 Å². The molecule has 0 aliphatic rings. The number of carboxylic acids is 1. The third kappa shape index (κ3) is 3.72. The number of aliphatic carboxylic acids is 1. The van der Waals surface area contributed by atoms with Gasteiger partial charge in [0.05, 0.1) is 11.4 Å². The number of unbranched alkanes of at least 4 members (excludes halogenated alkanes) is 1. The Balaban J connectivity index is 2.30. The van der Waals surface area contributed by atoms with Crippen LogP contribution < -0.4 is 0 Å². The van der Waals surface area contributed by atoms with Gasteiger partial charge in [0.2, 0.25) is 0 Å². The largest absolute Gasteiger partial charge is 0.505 e. The van der Waals surface area contributed by atoms with Gasteiger partial charge in [0, 0.05) is 22.7 Å². The van der Waals surface area contributed by atoms with Crippen LogP contribution in [0.1, 0.15) is 53.7 Å². The van der Waals surface area contributed by atoms with Crippen LogP contribution in [0.5, 0.6) is 5.75 Å². The molecule has 0 saturated heterocycles. The Morgan fingerprint density at radius 2 is 1.90 bits per heavy atom. The lowest BCUT2D eigenvalue weighted by Crippen LogP contribution is -2.16. The average molecular weight is 401 g/mol. The summed E-state index contributed by atoms with van der Waals surface area (Å²) in [6, 6.07) is 7.22. The molecule has 1 unspecified atom stereocenters. The van der Waals surface area contributed by atoms with Crippen molar-refractivity contribution in [2.45, 2.75) is 39.0 Å². The number of fused-ring (bicyclic) bond motifs is 1. The number of aromatic nitrogens is 1. The fourth-order valence-corrected chi connectivity index (χ4v) is 3.70. The first kappa shape index (κ1) is 20.5. The van der Waals surface area contributed by atoms with Gasteiger partial charge in [0.1, 0.15) is 5.82 Å². The smallest absolute Gasteiger partial charge is 0.311 e. The van der Waals surface area contributed by atoms with Crippen molar-refractivity contribution in [2.75, 3.05) is 0 Å². The van der Waals surface area contributed by atoms with E-state index in [0.29, 0.717) is 24.1 Å². The van der Waals surface area contributed by atoms with E-state index in [1.807, 2.05) is 6.92 Å². The summed E-state index contributed by atoms with van der Waals surface area (Å²) in [5.74, 6) is -4.76. The van der Waals surface area contributed by atoms with Gasteiger partial charge in [-0.15, -0.1) is 0 Å². The zero-order chi connectivity index (χ0) is 21.3. The molecule has 2 N–H and O–H groups in total. The summed E-state index contributed by atoms with van der Waals surface area (Å²) in [6.07, 6.45) is 1.76. The number of benzene rings is 2. The maximum atomic E-state index is 14.1. The van der Waals surface area contributed by atoms with Gasteiger partial charge in [0.25, 0.3) is 5.91 Å². The van der Waals surface area contributed by atoms with Gasteiger partial charge in [-0.3, -0.25) is 14.2 Å². The molecular weight excluding hydrogens is 380 g/mol. The Kier molecular flexibility index (Phi) is 5.68. The summed E-state index contributed by atoms with van der Waals surface area (Å²) in [4.78, 5) is 25.1. The van der Waals surface area contributed by atoms with Crippen LogP contribution in [-0.4, -0.2) is 26.7 Å². The van der Waals surface area contributed by atoms with Crippen LogP contribution in [0.3, 0.4) is 0 Å². The van der Waals surface area contributed by atoms with E-state index in [1.165, 1.54) is 22.8 Å². The minimum absolute atomic E-state index is 0.0467. The first-order chi connectivity index (χ1) is 13.8. The van der Waals surface area contributed by atoms with E-state index in [0.717, 1.165) is 24.6 Å². The van der Waals surface area contributed by atoms with E-state index in [-0.39, 0.29) is 16.5 Å². The predicted molar refractivity (Wildman–Crippen MR) is 104 cm³/mol. The number of phenolic OH excluding ortho intramolecular Hbond substituents is 1. The summed E-state index contributed by atoms with van der Waals surface area (Å²) >= 11 is 0. The highest BCUT2D eigenvalue weighted by atomic mass is 19.1. The van der Waals surface area contributed by atoms with Crippen molar-refractivity contribution in [1.82, 2.24) is 4.57 Å². The number of carbonyl (C=O) groups is 2. The molecular formula is C22H21F2NO4. The molecule has 0 spiro atoms. The lowest BCUT2D eigenvalue weighted by atomic mass is 9.91. The number of halogens is 2. The lowest BCUT2D eigenvalue weighted by molar-refractivity contribution is -0.139. The van der Waals surface area contributed by atoms with E-state index in [2.05, 4.69) is 0 Å². The SMILES string of the molecule is CCCCC(C(=O)O)c1c(C)n(C(=O)c2cccc(F)c2)c2cc(F)c(O)cc12. The molecule has 0 saturated carbocycles. The highest BCUT2D eigenvalue weighted by Crippen LogP contribution is 2.38. The highest BCUT2D eigenvalue weighted by Gasteiger charge is 2.30. The van der Waals surface area contributed by atoms with E-state index in [1.54, 1.807) is 6.92 Å². The second-order valence-corrected chi connectivity index (χ2v) is 7.00. The van der Waals surface area contributed by atoms with Crippen LogP contribution in [0.25, 0.3) is 10.9 Å². The topological polar surface area (TPSA) is 79.5 Å². The van der Waals surface area contributed by atoms with Crippen molar-refractivity contribution in [2.24, 2.45) is 0 Å². The summed E-state index contributed by atoms with van der Waals surface area (Å²) < 4.78 is 28.9. The Morgan fingerprint density at radius 1 is 1.17 bits per heavy atom. The first-order valence-electron chi connectivity index (χ1n) is 9.32. The van der Waals surface area contributed by atoms with Crippen molar-refractivity contribution in [3.8, 4) is 5.75 Å². The van der Waals surface area contributed by atoms with Crippen molar-refractivity contribution >= 4 is 22.8 Å². The Labute approximate surface area is 166 Å². The summed E-state index contributed by atoms with van der Waals surface area (Å²) in [7, 11) is 0. The van der Waals surface area contributed by atoms with E-state index in [4.69, 9.17) is 0 Å². The third-order valence-electron chi connectivity index (χ3n) is 5.09. The van der Waals surface area contributed by atoms with Crippen LogP contribution in [0.15, 0.2) is 36.4 Å². The molecule has 0 fully saturated rings. The van der Waals surface area contributed by atoms with Gasteiger partial charge in [-0.1, -0.05) is 25.8 Å². The number of carboxylic acid groups (broad SMARTS) is 1. The number of nitrogens with zero attached hydrogens (tertiary/aromatic N) is 1. The minimum atomic E-state index is -1.07. The molecule has 3 rings (SSSR count). The summed E-state index contributed by atoms with van der Waals surface area (Å²) in [6.45, 7) is 3.51. The highest BCUT2D eigenvalue weighted by molar-refractivity contribution is 6.05.